The van der Waals surface area contributed by atoms with E-state index < -0.39 is 14.9 Å². The molecule has 2 rings (SSSR count). The molecule has 28 heavy (non-hydrogen) atoms. The number of hydrogen-bond donors (Lipinski definition) is 1. The van der Waals surface area contributed by atoms with Crippen molar-refractivity contribution in [1.29, 1.82) is 0 Å². The first kappa shape index (κ1) is 21.2. The Labute approximate surface area is 164 Å². The largest absolute Gasteiger partial charge is 0.481 e. The number of nitro groups is 1. The fourth-order valence-corrected chi connectivity index (χ4v) is 3.58. The lowest BCUT2D eigenvalue weighted by Gasteiger charge is -2.07. The Morgan fingerprint density at radius 1 is 1.25 bits per heavy atom. The summed E-state index contributed by atoms with van der Waals surface area (Å²) >= 11 is 0. The number of nitrogens with one attached hydrogen (secondary N) is 1. The lowest BCUT2D eigenvalue weighted by molar-refractivity contribution is -0.385. The average Bonchev–Trinajstić information content (AvgIpc) is 2.66. The van der Waals surface area contributed by atoms with Gasteiger partial charge in [0.05, 0.1) is 16.4 Å². The van der Waals surface area contributed by atoms with E-state index in [0.717, 1.165) is 11.6 Å². The Morgan fingerprint density at radius 3 is 2.71 bits per heavy atom. The Hall–Kier alpha value is -3.15. The van der Waals surface area contributed by atoms with Gasteiger partial charge in [0.25, 0.3) is 5.69 Å². The molecule has 0 saturated carbocycles. The van der Waals surface area contributed by atoms with Crippen molar-refractivity contribution in [1.82, 2.24) is 4.72 Å². The Balaban J connectivity index is 1.96. The van der Waals surface area contributed by atoms with Gasteiger partial charge in [0.15, 0.2) is 0 Å². The molecule has 0 aromatic heterocycles. The lowest BCUT2D eigenvalue weighted by Crippen LogP contribution is -2.25. The number of para-hydroxylation sites is 1. The molecule has 0 aliphatic rings. The van der Waals surface area contributed by atoms with Crippen LogP contribution in [0, 0.1) is 28.9 Å². The number of allylic oxidation sites excluding steroid dienone is 1. The molecule has 0 amide bonds. The highest BCUT2D eigenvalue weighted by molar-refractivity contribution is 7.89. The summed E-state index contributed by atoms with van der Waals surface area (Å²) in [7, 11) is -3.91. The lowest BCUT2D eigenvalue weighted by atomic mass is 10.1. The van der Waals surface area contributed by atoms with Crippen LogP contribution in [-0.4, -0.2) is 26.5 Å². The second kappa shape index (κ2) is 9.69. The van der Waals surface area contributed by atoms with E-state index in [0.29, 0.717) is 17.7 Å². The Morgan fingerprint density at radius 2 is 2.00 bits per heavy atom. The summed E-state index contributed by atoms with van der Waals surface area (Å²) in [5.74, 6) is 6.11. The molecule has 8 heteroatoms. The molecule has 0 heterocycles. The highest BCUT2D eigenvalue weighted by atomic mass is 32.2. The smallest absolute Gasteiger partial charge is 0.270 e. The summed E-state index contributed by atoms with van der Waals surface area (Å²) < 4.78 is 32.6. The van der Waals surface area contributed by atoms with E-state index in [1.165, 1.54) is 12.1 Å². The number of benzene rings is 2. The molecule has 0 saturated heterocycles. The van der Waals surface area contributed by atoms with Crippen LogP contribution in [0.25, 0.3) is 0 Å². The monoisotopic (exact) mass is 400 g/mol. The molecular formula is C20H20N2O5S. The first-order chi connectivity index (χ1) is 13.3. The van der Waals surface area contributed by atoms with Gasteiger partial charge in [-0.2, -0.15) is 4.72 Å². The molecule has 2 aromatic rings. The van der Waals surface area contributed by atoms with Crippen LogP contribution < -0.4 is 9.46 Å². The zero-order chi connectivity index (χ0) is 20.6. The van der Waals surface area contributed by atoms with Crippen LogP contribution in [0.3, 0.4) is 0 Å². The van der Waals surface area contributed by atoms with Crippen LogP contribution in [0.4, 0.5) is 5.69 Å². The van der Waals surface area contributed by atoms with E-state index in [2.05, 4.69) is 23.1 Å². The quantitative estimate of drug-likeness (QED) is 0.318. The van der Waals surface area contributed by atoms with Crippen molar-refractivity contribution in [3.63, 3.8) is 0 Å². The minimum absolute atomic E-state index is 0.103. The predicted octanol–water partition coefficient (Wildman–Crippen LogP) is 2.99. The number of nitro benzene ring substituents is 1. The van der Waals surface area contributed by atoms with E-state index in [9.17, 15) is 18.5 Å². The third kappa shape index (κ3) is 5.67. The second-order valence-electron chi connectivity index (χ2n) is 5.77. The van der Waals surface area contributed by atoms with Gasteiger partial charge < -0.3 is 4.74 Å². The predicted molar refractivity (Wildman–Crippen MR) is 107 cm³/mol. The molecule has 0 aliphatic heterocycles. The van der Waals surface area contributed by atoms with Gasteiger partial charge in [-0.05, 0) is 30.5 Å². The number of ether oxygens (including phenoxy) is 1. The maximum Gasteiger partial charge on any atom is 0.270 e. The van der Waals surface area contributed by atoms with Crippen molar-refractivity contribution in [2.24, 2.45) is 0 Å². The first-order valence-corrected chi connectivity index (χ1v) is 9.85. The number of rotatable bonds is 8. The number of non-ortho nitro benzene ring substituents is 1. The van der Waals surface area contributed by atoms with E-state index in [1.54, 1.807) is 13.0 Å². The van der Waals surface area contributed by atoms with Crippen molar-refractivity contribution in [3.05, 3.63) is 76.4 Å². The van der Waals surface area contributed by atoms with Crippen LogP contribution in [0.1, 0.15) is 11.1 Å². The van der Waals surface area contributed by atoms with E-state index >= 15 is 0 Å². The van der Waals surface area contributed by atoms with Gasteiger partial charge in [0.2, 0.25) is 10.0 Å². The van der Waals surface area contributed by atoms with E-state index in [4.69, 9.17) is 4.74 Å². The van der Waals surface area contributed by atoms with Gasteiger partial charge in [-0.3, -0.25) is 10.1 Å². The Bertz CT molecular complexity index is 1040. The van der Waals surface area contributed by atoms with Crippen LogP contribution in [0.2, 0.25) is 0 Å². The van der Waals surface area contributed by atoms with Gasteiger partial charge in [0.1, 0.15) is 12.4 Å². The van der Waals surface area contributed by atoms with Crippen LogP contribution >= 0.6 is 0 Å². The number of nitrogens with zero attached hydrogens (tertiary/aromatic N) is 1. The normalized spacial score (nSPS) is 10.6. The number of aryl methyl sites for hydroxylation is 1. The molecule has 7 nitrogen and oxygen atoms in total. The van der Waals surface area contributed by atoms with Crippen molar-refractivity contribution >= 4 is 15.7 Å². The number of hydrogen-bond acceptors (Lipinski definition) is 5. The maximum absolute atomic E-state index is 12.4. The molecule has 0 unspecified atom stereocenters. The van der Waals surface area contributed by atoms with Crippen molar-refractivity contribution in [3.8, 4) is 17.6 Å². The van der Waals surface area contributed by atoms with Crippen molar-refractivity contribution in [2.75, 3.05) is 13.2 Å². The van der Waals surface area contributed by atoms with E-state index in [-0.39, 0.29) is 23.7 Å². The highest BCUT2D eigenvalue weighted by Gasteiger charge is 2.19. The van der Waals surface area contributed by atoms with Crippen LogP contribution in [0.15, 0.2) is 60.0 Å². The van der Waals surface area contributed by atoms with Gasteiger partial charge in [-0.15, -0.1) is 6.58 Å². The van der Waals surface area contributed by atoms with Crippen LogP contribution in [0.5, 0.6) is 5.75 Å². The number of sulfonamides is 1. The average molecular weight is 400 g/mol. The maximum atomic E-state index is 12.4. The fraction of sp³-hybridized carbons (Fsp3) is 0.200. The minimum Gasteiger partial charge on any atom is -0.481 e. The van der Waals surface area contributed by atoms with Gasteiger partial charge >= 0.3 is 0 Å². The summed E-state index contributed by atoms with van der Waals surface area (Å²) in [4.78, 5) is 10.1. The summed E-state index contributed by atoms with van der Waals surface area (Å²) in [6.45, 7) is 5.24. The third-order valence-electron chi connectivity index (χ3n) is 3.78. The second-order valence-corrected chi connectivity index (χ2v) is 7.51. The van der Waals surface area contributed by atoms with Gasteiger partial charge in [0, 0.05) is 12.1 Å². The SMILES string of the molecule is C=CCc1ccccc1OCC#CCNS(=O)(=O)c1cc([N+](=O)[O-])ccc1C. The molecule has 1 N–H and O–H groups in total. The van der Waals surface area contributed by atoms with Crippen LogP contribution in [-0.2, 0) is 16.4 Å². The zero-order valence-electron chi connectivity index (χ0n) is 15.3. The topological polar surface area (TPSA) is 98.5 Å². The molecule has 0 spiro atoms. The summed E-state index contributed by atoms with van der Waals surface area (Å²) in [5, 5.41) is 10.9. The molecule has 0 fully saturated rings. The summed E-state index contributed by atoms with van der Waals surface area (Å²) in [6, 6.07) is 11.2. The molecule has 0 aliphatic carbocycles. The zero-order valence-corrected chi connectivity index (χ0v) is 16.2. The molecule has 146 valence electrons. The van der Waals surface area contributed by atoms with Crippen molar-refractivity contribution in [2.45, 2.75) is 18.2 Å². The minimum atomic E-state index is -3.91. The Kier molecular flexibility index (Phi) is 7.32. The first-order valence-electron chi connectivity index (χ1n) is 8.37. The highest BCUT2D eigenvalue weighted by Crippen LogP contribution is 2.21. The third-order valence-corrected chi connectivity index (χ3v) is 5.33. The standard InChI is InChI=1S/C20H20N2O5S/c1-3-8-17-9-4-5-10-19(17)27-14-7-6-13-21-28(25,26)20-15-18(22(23)24)12-11-16(20)2/h3-5,9-12,15,21H,1,8,13-14H2,2H3. The molecule has 0 atom stereocenters. The summed E-state index contributed by atoms with van der Waals surface area (Å²) in [5.41, 5.74) is 1.11. The fourth-order valence-electron chi connectivity index (χ4n) is 2.40. The molecule has 2 aromatic carbocycles. The molecule has 0 radical (unpaired) electrons. The molecule has 0 bridgehead atoms. The van der Waals surface area contributed by atoms with Gasteiger partial charge in [-0.25, -0.2) is 8.42 Å². The molecular weight excluding hydrogens is 380 g/mol. The van der Waals surface area contributed by atoms with Crippen molar-refractivity contribution < 1.29 is 18.1 Å². The van der Waals surface area contributed by atoms with Gasteiger partial charge in [-0.1, -0.05) is 42.2 Å². The van der Waals surface area contributed by atoms with E-state index in [1.807, 2.05) is 24.3 Å². The summed E-state index contributed by atoms with van der Waals surface area (Å²) in [6.07, 6.45) is 2.45.